The molecule has 0 saturated carbocycles. The van der Waals surface area contributed by atoms with Crippen molar-refractivity contribution in [3.05, 3.63) is 53.1 Å². The fourth-order valence-corrected chi connectivity index (χ4v) is 1.93. The summed E-state index contributed by atoms with van der Waals surface area (Å²) < 4.78 is 59.7. The Morgan fingerprint density at radius 1 is 0.900 bits per heavy atom. The minimum Gasteiger partial charge on any atom is -0.491 e. The van der Waals surface area contributed by atoms with Gasteiger partial charge in [-0.05, 0) is 43.7 Å². The third-order valence-corrected chi connectivity index (χ3v) is 2.81. The van der Waals surface area contributed by atoms with E-state index in [9.17, 15) is 17.6 Å². The molecule has 0 bridgehead atoms. The van der Waals surface area contributed by atoms with Crippen molar-refractivity contribution in [2.24, 2.45) is 0 Å². The molecule has 0 unspecified atom stereocenters. The molecule has 1 nitrogen and oxygen atoms in total. The zero-order chi connectivity index (χ0) is 14.9. The van der Waals surface area contributed by atoms with Gasteiger partial charge in [0.25, 0.3) is 0 Å². The smallest absolute Gasteiger partial charge is 0.201 e. The van der Waals surface area contributed by atoms with Gasteiger partial charge in [-0.2, -0.15) is 4.39 Å². The van der Waals surface area contributed by atoms with Crippen LogP contribution in [0.25, 0.3) is 11.1 Å². The van der Waals surface area contributed by atoms with Gasteiger partial charge >= 0.3 is 0 Å². The van der Waals surface area contributed by atoms with Crippen molar-refractivity contribution >= 4 is 0 Å². The van der Waals surface area contributed by atoms with Crippen LogP contribution in [0.15, 0.2) is 24.3 Å². The van der Waals surface area contributed by atoms with E-state index in [-0.39, 0.29) is 23.5 Å². The Bertz CT molecular complexity index is 653. The molecule has 0 heterocycles. The Morgan fingerprint density at radius 3 is 2.25 bits per heavy atom. The highest BCUT2D eigenvalue weighted by atomic mass is 19.2. The summed E-state index contributed by atoms with van der Waals surface area (Å²) in [6.07, 6.45) is 0. The fraction of sp³-hybridized carbons (Fsp3) is 0.200. The highest BCUT2D eigenvalue weighted by molar-refractivity contribution is 5.67. The van der Waals surface area contributed by atoms with Crippen LogP contribution in [-0.2, 0) is 0 Å². The van der Waals surface area contributed by atoms with Crippen LogP contribution in [0.5, 0.6) is 5.75 Å². The van der Waals surface area contributed by atoms with Crippen molar-refractivity contribution in [2.45, 2.75) is 13.8 Å². The minimum atomic E-state index is -1.26. The van der Waals surface area contributed by atoms with Gasteiger partial charge in [-0.25, -0.2) is 13.2 Å². The number of hydrogen-bond donors (Lipinski definition) is 0. The molecule has 0 aliphatic carbocycles. The predicted molar refractivity (Wildman–Crippen MR) is 67.6 cm³/mol. The molecule has 0 radical (unpaired) electrons. The lowest BCUT2D eigenvalue weighted by atomic mass is 10.0. The van der Waals surface area contributed by atoms with E-state index in [1.165, 1.54) is 25.1 Å². The summed E-state index contributed by atoms with van der Waals surface area (Å²) in [5.41, 5.74) is -0.249. The second kappa shape index (κ2) is 5.53. The summed E-state index contributed by atoms with van der Waals surface area (Å²) in [7, 11) is 0. The SMILES string of the molecule is CCOc1ccc(-c2cc(C)cc(F)c2F)c(F)c1F. The summed E-state index contributed by atoms with van der Waals surface area (Å²) in [4.78, 5) is 0. The molecule has 5 heteroatoms. The minimum absolute atomic E-state index is 0.170. The Labute approximate surface area is 113 Å². The summed E-state index contributed by atoms with van der Waals surface area (Å²) >= 11 is 0. The second-order valence-corrected chi connectivity index (χ2v) is 4.28. The van der Waals surface area contributed by atoms with E-state index in [0.29, 0.717) is 5.56 Å². The highest BCUT2D eigenvalue weighted by Crippen LogP contribution is 2.32. The lowest BCUT2D eigenvalue weighted by Gasteiger charge is -2.11. The topological polar surface area (TPSA) is 9.23 Å². The molecule has 0 N–H and O–H groups in total. The summed E-state index contributed by atoms with van der Waals surface area (Å²) in [5, 5.41) is 0. The van der Waals surface area contributed by atoms with Crippen LogP contribution in [0.3, 0.4) is 0 Å². The van der Waals surface area contributed by atoms with Crippen LogP contribution in [0.4, 0.5) is 17.6 Å². The van der Waals surface area contributed by atoms with E-state index >= 15 is 0 Å². The molecule has 0 spiro atoms. The molecular formula is C15H12F4O. The van der Waals surface area contributed by atoms with Crippen LogP contribution in [0.2, 0.25) is 0 Å². The molecule has 0 aromatic heterocycles. The highest BCUT2D eigenvalue weighted by Gasteiger charge is 2.19. The lowest BCUT2D eigenvalue weighted by molar-refractivity contribution is 0.314. The normalized spacial score (nSPS) is 10.7. The van der Waals surface area contributed by atoms with E-state index in [1.807, 2.05) is 0 Å². The molecule has 106 valence electrons. The van der Waals surface area contributed by atoms with Crippen molar-refractivity contribution in [3.8, 4) is 16.9 Å². The van der Waals surface area contributed by atoms with Crippen molar-refractivity contribution in [1.82, 2.24) is 0 Å². The van der Waals surface area contributed by atoms with Crippen LogP contribution in [0.1, 0.15) is 12.5 Å². The van der Waals surface area contributed by atoms with Crippen LogP contribution in [0, 0.1) is 30.2 Å². The first-order valence-corrected chi connectivity index (χ1v) is 6.02. The van der Waals surface area contributed by atoms with Gasteiger partial charge in [0.1, 0.15) is 0 Å². The Hall–Kier alpha value is -2.04. The van der Waals surface area contributed by atoms with Gasteiger partial charge in [-0.3, -0.25) is 0 Å². The first kappa shape index (κ1) is 14.4. The van der Waals surface area contributed by atoms with Crippen molar-refractivity contribution in [3.63, 3.8) is 0 Å². The molecule has 2 rings (SSSR count). The molecule has 0 fully saturated rings. The Kier molecular flexibility index (Phi) is 3.97. The van der Waals surface area contributed by atoms with E-state index in [2.05, 4.69) is 0 Å². The maximum Gasteiger partial charge on any atom is 0.201 e. The maximum atomic E-state index is 14.0. The molecule has 20 heavy (non-hydrogen) atoms. The van der Waals surface area contributed by atoms with Crippen LogP contribution >= 0.6 is 0 Å². The van der Waals surface area contributed by atoms with Crippen molar-refractivity contribution < 1.29 is 22.3 Å². The Morgan fingerprint density at radius 2 is 1.60 bits per heavy atom. The number of aryl methyl sites for hydroxylation is 1. The van der Waals surface area contributed by atoms with Crippen LogP contribution in [-0.4, -0.2) is 6.61 Å². The summed E-state index contributed by atoms with van der Waals surface area (Å²) in [5.74, 6) is -5.06. The number of rotatable bonds is 3. The van der Waals surface area contributed by atoms with Gasteiger partial charge in [-0.1, -0.05) is 0 Å². The van der Waals surface area contributed by atoms with E-state index in [0.717, 1.165) is 6.07 Å². The standard InChI is InChI=1S/C15H12F4O/c1-3-20-12-5-4-9(14(18)15(12)19)10-6-8(2)7-11(16)13(10)17/h4-7H,3H2,1-2H3. The molecule has 0 saturated heterocycles. The number of halogens is 4. The number of ether oxygens (including phenoxy) is 1. The van der Waals surface area contributed by atoms with Gasteiger partial charge in [0.15, 0.2) is 23.2 Å². The molecule has 2 aromatic carbocycles. The average Bonchev–Trinajstić information content (AvgIpc) is 2.40. The zero-order valence-corrected chi connectivity index (χ0v) is 10.9. The lowest BCUT2D eigenvalue weighted by Crippen LogP contribution is -2.00. The molecule has 2 aromatic rings. The molecule has 0 atom stereocenters. The summed E-state index contributed by atoms with van der Waals surface area (Å²) in [6, 6.07) is 4.61. The molecular weight excluding hydrogens is 272 g/mol. The van der Waals surface area contributed by atoms with Crippen molar-refractivity contribution in [1.29, 1.82) is 0 Å². The van der Waals surface area contributed by atoms with Gasteiger partial charge < -0.3 is 4.74 Å². The number of benzene rings is 2. The quantitative estimate of drug-likeness (QED) is 0.747. The zero-order valence-electron chi connectivity index (χ0n) is 10.9. The third kappa shape index (κ3) is 2.48. The van der Waals surface area contributed by atoms with Gasteiger partial charge in [0, 0.05) is 11.1 Å². The largest absolute Gasteiger partial charge is 0.491 e. The first-order chi connectivity index (χ1) is 9.45. The maximum absolute atomic E-state index is 14.0. The fourth-order valence-electron chi connectivity index (χ4n) is 1.93. The van der Waals surface area contributed by atoms with E-state index in [1.54, 1.807) is 6.92 Å². The van der Waals surface area contributed by atoms with Crippen LogP contribution < -0.4 is 4.74 Å². The summed E-state index contributed by atoms with van der Waals surface area (Å²) in [6.45, 7) is 3.33. The second-order valence-electron chi connectivity index (χ2n) is 4.28. The predicted octanol–water partition coefficient (Wildman–Crippen LogP) is 4.62. The van der Waals surface area contributed by atoms with E-state index in [4.69, 9.17) is 4.74 Å². The molecule has 0 aliphatic rings. The first-order valence-electron chi connectivity index (χ1n) is 6.02. The van der Waals surface area contributed by atoms with E-state index < -0.39 is 23.3 Å². The molecule has 0 amide bonds. The van der Waals surface area contributed by atoms with Gasteiger partial charge in [0.2, 0.25) is 5.82 Å². The van der Waals surface area contributed by atoms with Crippen molar-refractivity contribution in [2.75, 3.05) is 6.61 Å². The van der Waals surface area contributed by atoms with Gasteiger partial charge in [-0.15, -0.1) is 0 Å². The number of hydrogen-bond acceptors (Lipinski definition) is 1. The van der Waals surface area contributed by atoms with Gasteiger partial charge in [0.05, 0.1) is 6.61 Å². The Balaban J connectivity index is 2.62. The third-order valence-electron chi connectivity index (χ3n) is 2.81. The average molecular weight is 284 g/mol. The monoisotopic (exact) mass is 284 g/mol. The molecule has 0 aliphatic heterocycles.